The first-order chi connectivity index (χ1) is 6.25. The molecule has 1 unspecified atom stereocenters. The number of hydrogen-bond donors (Lipinski definition) is 2. The highest BCUT2D eigenvalue weighted by Gasteiger charge is 2.28. The van der Waals surface area contributed by atoms with E-state index < -0.39 is 0 Å². The Morgan fingerprint density at radius 2 is 2.54 bits per heavy atom. The van der Waals surface area contributed by atoms with E-state index in [2.05, 4.69) is 10.4 Å². The summed E-state index contributed by atoms with van der Waals surface area (Å²) in [5.41, 5.74) is 5.94. The summed E-state index contributed by atoms with van der Waals surface area (Å²) in [6.07, 6.45) is 4.51. The Hall–Kier alpha value is -1.03. The molecular weight excluding hydrogens is 164 g/mol. The summed E-state index contributed by atoms with van der Waals surface area (Å²) in [6, 6.07) is 2.25. The van der Waals surface area contributed by atoms with Crippen molar-refractivity contribution in [1.82, 2.24) is 9.78 Å². The lowest BCUT2D eigenvalue weighted by Gasteiger charge is -2.10. The zero-order chi connectivity index (χ0) is 9.26. The molecule has 2 rings (SSSR count). The van der Waals surface area contributed by atoms with Gasteiger partial charge in [-0.15, -0.1) is 0 Å². The van der Waals surface area contributed by atoms with Crippen LogP contribution in [-0.2, 0) is 7.05 Å². The van der Waals surface area contributed by atoms with Crippen molar-refractivity contribution in [3.8, 4) is 0 Å². The Morgan fingerprint density at radius 1 is 1.77 bits per heavy atom. The van der Waals surface area contributed by atoms with Crippen LogP contribution in [0.3, 0.4) is 0 Å². The number of nitrogens with two attached hydrogens (primary N) is 1. The number of aromatic nitrogens is 2. The van der Waals surface area contributed by atoms with Crippen LogP contribution in [0.5, 0.6) is 0 Å². The van der Waals surface area contributed by atoms with Crippen LogP contribution in [0.15, 0.2) is 12.3 Å². The molecule has 1 aromatic rings. The van der Waals surface area contributed by atoms with Crippen LogP contribution in [0.1, 0.15) is 12.8 Å². The van der Waals surface area contributed by atoms with Crippen LogP contribution in [0.2, 0.25) is 0 Å². The smallest absolute Gasteiger partial charge is 0.148 e. The molecule has 0 bridgehead atoms. The summed E-state index contributed by atoms with van der Waals surface area (Å²) in [6.45, 7) is 0.835. The minimum atomic E-state index is 0.294. The Kier molecular flexibility index (Phi) is 2.22. The lowest BCUT2D eigenvalue weighted by atomic mass is 10.2. The highest BCUT2D eigenvalue weighted by atomic mass is 15.3. The average molecular weight is 180 g/mol. The van der Waals surface area contributed by atoms with Crippen LogP contribution < -0.4 is 11.1 Å². The van der Waals surface area contributed by atoms with Crippen LogP contribution in [0.4, 0.5) is 5.82 Å². The lowest BCUT2D eigenvalue weighted by Crippen LogP contribution is -2.31. The van der Waals surface area contributed by atoms with Gasteiger partial charge in [-0.1, -0.05) is 0 Å². The molecule has 1 aliphatic carbocycles. The molecule has 0 aliphatic heterocycles. The maximum atomic E-state index is 5.94. The largest absolute Gasteiger partial charge is 0.367 e. The first-order valence-corrected chi connectivity index (χ1v) is 4.75. The molecule has 1 aliphatic rings. The zero-order valence-corrected chi connectivity index (χ0v) is 7.90. The quantitative estimate of drug-likeness (QED) is 0.712. The van der Waals surface area contributed by atoms with Crippen molar-refractivity contribution in [2.45, 2.75) is 18.9 Å². The second-order valence-electron chi connectivity index (χ2n) is 3.76. The molecule has 72 valence electrons. The van der Waals surface area contributed by atoms with E-state index >= 15 is 0 Å². The predicted octanol–water partition coefficient (Wildman–Crippen LogP) is 0.569. The van der Waals surface area contributed by atoms with Crippen molar-refractivity contribution < 1.29 is 0 Å². The van der Waals surface area contributed by atoms with Gasteiger partial charge >= 0.3 is 0 Å². The van der Waals surface area contributed by atoms with E-state index in [4.69, 9.17) is 5.73 Å². The van der Waals surface area contributed by atoms with Gasteiger partial charge in [-0.2, -0.15) is 5.10 Å². The second-order valence-corrected chi connectivity index (χ2v) is 3.76. The summed E-state index contributed by atoms with van der Waals surface area (Å²) < 4.78 is 1.78. The maximum Gasteiger partial charge on any atom is 0.148 e. The number of nitrogens with zero attached hydrogens (tertiary/aromatic N) is 2. The molecule has 4 nitrogen and oxygen atoms in total. The fourth-order valence-electron chi connectivity index (χ4n) is 1.42. The van der Waals surface area contributed by atoms with Gasteiger partial charge in [0.15, 0.2) is 0 Å². The molecular formula is C9H16N4. The fraction of sp³-hybridized carbons (Fsp3) is 0.667. The third-order valence-corrected chi connectivity index (χ3v) is 2.46. The van der Waals surface area contributed by atoms with Crippen LogP contribution >= 0.6 is 0 Å². The summed E-state index contributed by atoms with van der Waals surface area (Å²) in [5.74, 6) is 1.66. The second kappa shape index (κ2) is 3.38. The molecule has 1 atom stereocenters. The number of aryl methyl sites for hydroxylation is 1. The topological polar surface area (TPSA) is 55.9 Å². The molecule has 3 N–H and O–H groups in total. The van der Waals surface area contributed by atoms with Crippen molar-refractivity contribution in [1.29, 1.82) is 0 Å². The van der Waals surface area contributed by atoms with Crippen LogP contribution in [0, 0.1) is 5.92 Å². The van der Waals surface area contributed by atoms with Gasteiger partial charge in [-0.3, -0.25) is 4.68 Å². The van der Waals surface area contributed by atoms with Gasteiger partial charge in [-0.05, 0) is 18.8 Å². The lowest BCUT2D eigenvalue weighted by molar-refractivity contribution is 0.619. The summed E-state index contributed by atoms with van der Waals surface area (Å²) in [4.78, 5) is 0. The van der Waals surface area contributed by atoms with E-state index in [9.17, 15) is 0 Å². The number of nitrogens with one attached hydrogen (secondary N) is 1. The van der Waals surface area contributed by atoms with Crippen molar-refractivity contribution in [3.05, 3.63) is 12.3 Å². The minimum absolute atomic E-state index is 0.294. The molecule has 0 amide bonds. The van der Waals surface area contributed by atoms with Gasteiger partial charge in [0.2, 0.25) is 0 Å². The molecule has 1 heterocycles. The third kappa shape index (κ3) is 2.21. The van der Waals surface area contributed by atoms with Gasteiger partial charge in [0, 0.05) is 31.9 Å². The Morgan fingerprint density at radius 3 is 3.08 bits per heavy atom. The third-order valence-electron chi connectivity index (χ3n) is 2.46. The van der Waals surface area contributed by atoms with E-state index in [1.165, 1.54) is 12.8 Å². The monoisotopic (exact) mass is 180 g/mol. The van der Waals surface area contributed by atoms with Gasteiger partial charge in [0.25, 0.3) is 0 Å². The van der Waals surface area contributed by atoms with E-state index in [1.54, 1.807) is 4.68 Å². The van der Waals surface area contributed by atoms with E-state index in [1.807, 2.05) is 19.3 Å². The first-order valence-electron chi connectivity index (χ1n) is 4.75. The molecule has 0 radical (unpaired) electrons. The maximum absolute atomic E-state index is 5.94. The molecule has 1 fully saturated rings. The van der Waals surface area contributed by atoms with Gasteiger partial charge in [-0.25, -0.2) is 0 Å². The summed E-state index contributed by atoms with van der Waals surface area (Å²) in [7, 11) is 1.91. The molecule has 0 spiro atoms. The zero-order valence-electron chi connectivity index (χ0n) is 7.90. The number of anilines is 1. The number of rotatable bonds is 4. The van der Waals surface area contributed by atoms with Crippen molar-refractivity contribution in [3.63, 3.8) is 0 Å². The molecule has 0 saturated heterocycles. The van der Waals surface area contributed by atoms with Crippen LogP contribution in [-0.4, -0.2) is 22.4 Å². The molecule has 1 saturated carbocycles. The Bertz CT molecular complexity index is 277. The molecule has 0 aromatic carbocycles. The van der Waals surface area contributed by atoms with Gasteiger partial charge in [0.1, 0.15) is 5.82 Å². The predicted molar refractivity (Wildman–Crippen MR) is 52.4 cm³/mol. The molecule has 1 aromatic heterocycles. The SMILES string of the molecule is Cn1ccc(NCC(N)C2CC2)n1. The Balaban J connectivity index is 1.78. The fourth-order valence-corrected chi connectivity index (χ4v) is 1.42. The normalized spacial score (nSPS) is 18.6. The molecule has 13 heavy (non-hydrogen) atoms. The number of hydrogen-bond acceptors (Lipinski definition) is 3. The standard InChI is InChI=1S/C9H16N4/c1-13-5-4-9(12-13)11-6-8(10)7-2-3-7/h4-5,7-8H,2-3,6,10H2,1H3,(H,11,12). The Labute approximate surface area is 78.1 Å². The minimum Gasteiger partial charge on any atom is -0.367 e. The van der Waals surface area contributed by atoms with Crippen molar-refractivity contribution in [2.24, 2.45) is 18.7 Å². The van der Waals surface area contributed by atoms with E-state index in [0.29, 0.717) is 6.04 Å². The first kappa shape index (κ1) is 8.56. The highest BCUT2D eigenvalue weighted by Crippen LogP contribution is 2.31. The van der Waals surface area contributed by atoms with Crippen LogP contribution in [0.25, 0.3) is 0 Å². The van der Waals surface area contributed by atoms with Crippen molar-refractivity contribution >= 4 is 5.82 Å². The van der Waals surface area contributed by atoms with E-state index in [-0.39, 0.29) is 0 Å². The summed E-state index contributed by atoms with van der Waals surface area (Å²) in [5, 5.41) is 7.44. The van der Waals surface area contributed by atoms with Gasteiger partial charge < -0.3 is 11.1 Å². The summed E-state index contributed by atoms with van der Waals surface area (Å²) >= 11 is 0. The average Bonchev–Trinajstić information content (AvgIpc) is 2.87. The van der Waals surface area contributed by atoms with Gasteiger partial charge in [0.05, 0.1) is 0 Å². The highest BCUT2D eigenvalue weighted by molar-refractivity contribution is 5.32. The van der Waals surface area contributed by atoms with E-state index in [0.717, 1.165) is 18.3 Å². The van der Waals surface area contributed by atoms with Crippen molar-refractivity contribution in [2.75, 3.05) is 11.9 Å². The molecule has 4 heteroatoms.